The molecule has 0 aliphatic carbocycles. The first-order chi connectivity index (χ1) is 16.1. The molecule has 170 valence electrons. The molecule has 0 atom stereocenters. The van der Waals surface area contributed by atoms with Gasteiger partial charge in [-0.2, -0.15) is 15.0 Å². The predicted molar refractivity (Wildman–Crippen MR) is 126 cm³/mol. The Labute approximate surface area is 191 Å². The van der Waals surface area contributed by atoms with Gasteiger partial charge < -0.3 is 20.8 Å². The maximum atomic E-state index is 13.1. The van der Waals surface area contributed by atoms with E-state index in [1.165, 1.54) is 23.1 Å². The first-order valence-corrected chi connectivity index (χ1v) is 11.0. The van der Waals surface area contributed by atoms with Gasteiger partial charge in [0.05, 0.1) is 13.7 Å². The van der Waals surface area contributed by atoms with Crippen LogP contribution in [-0.4, -0.2) is 45.0 Å². The predicted octanol–water partition coefficient (Wildman–Crippen LogP) is 4.21. The molecule has 3 heterocycles. The van der Waals surface area contributed by atoms with Crippen molar-refractivity contribution in [3.63, 3.8) is 0 Å². The lowest BCUT2D eigenvalue weighted by Crippen LogP contribution is -2.33. The molecule has 4 aromatic rings. The monoisotopic (exact) mass is 447 g/mol. The molecule has 0 amide bonds. The van der Waals surface area contributed by atoms with Gasteiger partial charge in [0, 0.05) is 22.8 Å². The minimum atomic E-state index is -0.299. The van der Waals surface area contributed by atoms with Crippen LogP contribution >= 0.6 is 0 Å². The number of aromatic nitrogens is 4. The number of aromatic amines is 1. The molecule has 2 aromatic carbocycles. The summed E-state index contributed by atoms with van der Waals surface area (Å²) in [5, 5.41) is 4.29. The largest absolute Gasteiger partial charge is 0.497 e. The maximum absolute atomic E-state index is 13.1. The number of ether oxygens (including phenoxy) is 1. The smallest absolute Gasteiger partial charge is 0.232 e. The van der Waals surface area contributed by atoms with E-state index < -0.39 is 0 Å². The van der Waals surface area contributed by atoms with Crippen LogP contribution in [0.1, 0.15) is 30.1 Å². The number of piperidine rings is 1. The van der Waals surface area contributed by atoms with Gasteiger partial charge in [-0.15, -0.1) is 0 Å². The Morgan fingerprint density at radius 2 is 1.91 bits per heavy atom. The summed E-state index contributed by atoms with van der Waals surface area (Å²) in [6.45, 7) is 2.47. The molecule has 8 nitrogen and oxygen atoms in total. The average molecular weight is 448 g/mol. The van der Waals surface area contributed by atoms with Crippen molar-refractivity contribution in [2.75, 3.05) is 31.2 Å². The lowest BCUT2D eigenvalue weighted by Gasteiger charge is -2.31. The van der Waals surface area contributed by atoms with Crippen molar-refractivity contribution in [3.05, 3.63) is 65.9 Å². The van der Waals surface area contributed by atoms with Crippen LogP contribution in [-0.2, 0) is 6.54 Å². The number of nitrogens with one attached hydrogen (secondary N) is 2. The van der Waals surface area contributed by atoms with E-state index in [-0.39, 0.29) is 11.8 Å². The minimum absolute atomic E-state index is 0.159. The number of rotatable bonds is 6. The Balaban J connectivity index is 1.24. The highest BCUT2D eigenvalue weighted by Crippen LogP contribution is 2.35. The zero-order valence-corrected chi connectivity index (χ0v) is 18.4. The summed E-state index contributed by atoms with van der Waals surface area (Å²) in [7, 11) is 1.69. The number of nitrogens with two attached hydrogens (primary N) is 1. The van der Waals surface area contributed by atoms with Crippen LogP contribution < -0.4 is 15.8 Å². The van der Waals surface area contributed by atoms with Crippen LogP contribution in [0, 0.1) is 5.82 Å². The summed E-state index contributed by atoms with van der Waals surface area (Å²) in [6.07, 6.45) is 4.22. The molecule has 1 aliphatic rings. The van der Waals surface area contributed by atoms with Gasteiger partial charge in [-0.3, -0.25) is 4.90 Å². The highest BCUT2D eigenvalue weighted by atomic mass is 19.1. The Kier molecular flexibility index (Phi) is 5.78. The molecule has 1 aliphatic heterocycles. The number of anilines is 3. The Hall–Kier alpha value is -3.72. The molecule has 1 saturated heterocycles. The van der Waals surface area contributed by atoms with Crippen LogP contribution in [0.5, 0.6) is 5.75 Å². The fourth-order valence-electron chi connectivity index (χ4n) is 4.42. The third kappa shape index (κ3) is 4.73. The molecule has 0 saturated carbocycles. The number of fused-ring (bicyclic) bond motifs is 1. The lowest BCUT2D eigenvalue weighted by molar-refractivity contribution is 0.200. The van der Waals surface area contributed by atoms with E-state index in [0.717, 1.165) is 37.2 Å². The summed E-state index contributed by atoms with van der Waals surface area (Å²) >= 11 is 0. The first kappa shape index (κ1) is 21.1. The number of nitrogens with zero attached hydrogens (tertiary/aromatic N) is 4. The van der Waals surface area contributed by atoms with E-state index in [2.05, 4.69) is 48.5 Å². The van der Waals surface area contributed by atoms with Gasteiger partial charge >= 0.3 is 0 Å². The summed E-state index contributed by atoms with van der Waals surface area (Å²) < 4.78 is 18.5. The topological polar surface area (TPSA) is 105 Å². The number of H-pyrrole nitrogens is 1. The van der Waals surface area contributed by atoms with Crippen molar-refractivity contribution in [3.8, 4) is 5.75 Å². The van der Waals surface area contributed by atoms with Gasteiger partial charge in [0.1, 0.15) is 17.4 Å². The minimum Gasteiger partial charge on any atom is -0.497 e. The summed E-state index contributed by atoms with van der Waals surface area (Å²) in [5.74, 6) is 2.19. The van der Waals surface area contributed by atoms with Gasteiger partial charge in [-0.05, 0) is 79.9 Å². The van der Waals surface area contributed by atoms with Crippen LogP contribution in [0.15, 0.2) is 48.7 Å². The molecule has 33 heavy (non-hydrogen) atoms. The number of nitrogen functional groups attached to an aromatic ring is 1. The lowest BCUT2D eigenvalue weighted by atomic mass is 9.89. The van der Waals surface area contributed by atoms with Crippen LogP contribution in [0.4, 0.5) is 22.0 Å². The summed E-state index contributed by atoms with van der Waals surface area (Å²) in [4.78, 5) is 18.7. The molecule has 2 aromatic heterocycles. The molecular weight excluding hydrogens is 421 g/mol. The van der Waals surface area contributed by atoms with E-state index in [1.807, 2.05) is 6.07 Å². The van der Waals surface area contributed by atoms with Crippen molar-refractivity contribution in [1.82, 2.24) is 24.8 Å². The number of hydrogen-bond acceptors (Lipinski definition) is 7. The Morgan fingerprint density at radius 1 is 1.12 bits per heavy atom. The fraction of sp³-hybridized carbons (Fsp3) is 0.292. The van der Waals surface area contributed by atoms with Crippen molar-refractivity contribution in [2.45, 2.75) is 25.3 Å². The summed E-state index contributed by atoms with van der Waals surface area (Å²) in [5.41, 5.74) is 9.08. The molecule has 0 bridgehead atoms. The van der Waals surface area contributed by atoms with Gasteiger partial charge in [-0.25, -0.2) is 4.39 Å². The van der Waals surface area contributed by atoms with Crippen LogP contribution in [0.3, 0.4) is 0 Å². The van der Waals surface area contributed by atoms with Gasteiger partial charge in [-0.1, -0.05) is 0 Å². The number of hydrogen-bond donors (Lipinski definition) is 3. The molecule has 0 radical (unpaired) electrons. The third-order valence-electron chi connectivity index (χ3n) is 6.11. The molecule has 1 fully saturated rings. The fourth-order valence-corrected chi connectivity index (χ4v) is 4.42. The van der Waals surface area contributed by atoms with E-state index in [4.69, 9.17) is 10.5 Å². The second-order valence-electron chi connectivity index (χ2n) is 8.27. The van der Waals surface area contributed by atoms with Crippen molar-refractivity contribution in [2.24, 2.45) is 0 Å². The van der Waals surface area contributed by atoms with Crippen molar-refractivity contribution >= 4 is 28.5 Å². The molecule has 9 heteroatoms. The molecule has 5 rings (SSSR count). The van der Waals surface area contributed by atoms with Gasteiger partial charge in [0.25, 0.3) is 0 Å². The van der Waals surface area contributed by atoms with Crippen molar-refractivity contribution < 1.29 is 9.13 Å². The maximum Gasteiger partial charge on any atom is 0.232 e. The number of likely N-dealkylation sites (tertiary alicyclic amines) is 1. The Morgan fingerprint density at radius 3 is 2.67 bits per heavy atom. The van der Waals surface area contributed by atoms with E-state index in [1.54, 1.807) is 19.2 Å². The molecule has 0 spiro atoms. The summed E-state index contributed by atoms with van der Waals surface area (Å²) in [6, 6.07) is 12.2. The van der Waals surface area contributed by atoms with E-state index in [0.29, 0.717) is 29.9 Å². The standard InChI is InChI=1S/C24H26FN7O/c1-33-18-6-7-21-19(12-18)20(13-27-21)15-8-10-32(11-9-15)14-22-29-23(26)31-24(30-22)28-17-4-2-16(25)3-5-17/h2-7,12-13,15,27H,8-11,14H2,1H3,(H3,26,28,29,30,31). The van der Waals surface area contributed by atoms with Gasteiger partial charge in [0.2, 0.25) is 11.9 Å². The average Bonchev–Trinajstić information content (AvgIpc) is 3.24. The van der Waals surface area contributed by atoms with Gasteiger partial charge in [0.15, 0.2) is 0 Å². The molecule has 4 N–H and O–H groups in total. The first-order valence-electron chi connectivity index (χ1n) is 11.0. The van der Waals surface area contributed by atoms with Crippen LogP contribution in [0.25, 0.3) is 10.9 Å². The van der Waals surface area contributed by atoms with E-state index >= 15 is 0 Å². The van der Waals surface area contributed by atoms with E-state index in [9.17, 15) is 4.39 Å². The van der Waals surface area contributed by atoms with Crippen molar-refractivity contribution in [1.29, 1.82) is 0 Å². The zero-order valence-electron chi connectivity index (χ0n) is 18.4. The quantitative estimate of drug-likeness (QED) is 0.407. The van der Waals surface area contributed by atoms with Crippen LogP contribution in [0.2, 0.25) is 0 Å². The second kappa shape index (κ2) is 9.03. The SMILES string of the molecule is COc1ccc2[nH]cc(C3CCN(Cc4nc(N)nc(Nc5ccc(F)cc5)n4)CC3)c2c1. The molecule has 0 unspecified atom stereocenters. The number of halogens is 1. The molecular formula is C24H26FN7O. The number of benzene rings is 2. The Bertz CT molecular complexity index is 1250. The number of methoxy groups -OCH3 is 1. The normalized spacial score (nSPS) is 15.1. The highest BCUT2D eigenvalue weighted by Gasteiger charge is 2.24. The highest BCUT2D eigenvalue weighted by molar-refractivity contribution is 5.85. The zero-order chi connectivity index (χ0) is 22.8. The third-order valence-corrected chi connectivity index (χ3v) is 6.11. The second-order valence-corrected chi connectivity index (χ2v) is 8.27.